The van der Waals surface area contributed by atoms with Crippen LogP contribution in [0.4, 0.5) is 0 Å². The number of benzene rings is 2. The maximum absolute atomic E-state index is 14.8. The van der Waals surface area contributed by atoms with Gasteiger partial charge in [0.05, 0.1) is 18.1 Å². The number of nitrogens with two attached hydrogens (primary N) is 4. The van der Waals surface area contributed by atoms with Crippen LogP contribution in [0.5, 0.6) is 0 Å². The Morgan fingerprint density at radius 2 is 1.24 bits per heavy atom. The van der Waals surface area contributed by atoms with Crippen molar-refractivity contribution in [2.75, 3.05) is 25.1 Å². The summed E-state index contributed by atoms with van der Waals surface area (Å²) in [4.78, 5) is 119. The zero-order chi connectivity index (χ0) is 55.6. The van der Waals surface area contributed by atoms with Crippen LogP contribution in [-0.4, -0.2) is 101 Å². The number of ketones is 4. The number of hydrogen-bond donors (Lipinski definition) is 8. The van der Waals surface area contributed by atoms with Gasteiger partial charge in [0.15, 0.2) is 23.3 Å². The van der Waals surface area contributed by atoms with Crippen LogP contribution in [0.2, 0.25) is 0 Å². The number of Topliss-reactive ketones (excluding diaryl/α,β-unsaturated/α-hetero) is 4. The molecule has 0 unspecified atom stereocenters. The Balaban J connectivity index is 1.91. The van der Waals surface area contributed by atoms with E-state index in [1.807, 2.05) is 95.5 Å². The number of nitrogens with one attached hydrogen (secondary N) is 4. The van der Waals surface area contributed by atoms with E-state index in [0.29, 0.717) is 63.8 Å². The van der Waals surface area contributed by atoms with E-state index >= 15 is 0 Å². The van der Waals surface area contributed by atoms with Crippen molar-refractivity contribution in [3.05, 3.63) is 71.9 Å². The first-order valence-electron chi connectivity index (χ1n) is 26.8. The van der Waals surface area contributed by atoms with E-state index in [2.05, 4.69) is 25.9 Å². The van der Waals surface area contributed by atoms with Crippen LogP contribution in [0.25, 0.3) is 10.9 Å². The highest BCUT2D eigenvalue weighted by molar-refractivity contribution is 7.98. The number of H-pyrrole nitrogens is 1. The molecule has 2 aromatic carbocycles. The van der Waals surface area contributed by atoms with Crippen molar-refractivity contribution < 1.29 is 38.4 Å². The highest BCUT2D eigenvalue weighted by atomic mass is 32.2. The Bertz CT molecular complexity index is 2350. The summed E-state index contributed by atoms with van der Waals surface area (Å²) in [5.41, 5.74) is 24.9. The van der Waals surface area contributed by atoms with Crippen LogP contribution >= 0.6 is 11.8 Å². The maximum atomic E-state index is 14.8. The van der Waals surface area contributed by atoms with Gasteiger partial charge in [-0.1, -0.05) is 96.0 Å². The van der Waals surface area contributed by atoms with Gasteiger partial charge in [0, 0.05) is 85.3 Å². The van der Waals surface area contributed by atoms with Crippen molar-refractivity contribution in [3.63, 3.8) is 0 Å². The summed E-state index contributed by atoms with van der Waals surface area (Å²) < 4.78 is 0. The van der Waals surface area contributed by atoms with Gasteiger partial charge in [0.1, 0.15) is 5.78 Å². The third kappa shape index (κ3) is 22.1. The first-order chi connectivity index (χ1) is 35.7. The molecule has 0 aliphatic rings. The van der Waals surface area contributed by atoms with E-state index in [-0.39, 0.29) is 80.2 Å². The lowest BCUT2D eigenvalue weighted by Gasteiger charge is -2.26. The van der Waals surface area contributed by atoms with E-state index in [0.717, 1.165) is 22.0 Å². The molecule has 3 aromatic rings. The largest absolute Gasteiger partial charge is 0.370 e. The fourth-order valence-electron chi connectivity index (χ4n) is 9.39. The first-order valence-corrected chi connectivity index (χ1v) is 28.2. The van der Waals surface area contributed by atoms with Crippen LogP contribution < -0.4 is 38.9 Å². The molecule has 0 spiro atoms. The summed E-state index contributed by atoms with van der Waals surface area (Å²) >= 11 is 1.50. The normalized spacial score (nSPS) is 15.1. The number of hydrogen-bond acceptors (Lipinski definition) is 11. The van der Waals surface area contributed by atoms with Gasteiger partial charge >= 0.3 is 0 Å². The molecule has 1 heterocycles. The molecule has 0 fully saturated rings. The van der Waals surface area contributed by atoms with Crippen LogP contribution in [0.3, 0.4) is 0 Å². The van der Waals surface area contributed by atoms with E-state index in [4.69, 9.17) is 22.9 Å². The van der Waals surface area contributed by atoms with Crippen molar-refractivity contribution in [2.24, 2.45) is 69.4 Å². The molecule has 0 saturated carbocycles. The molecule has 0 aliphatic heterocycles. The number of para-hydroxylation sites is 1. The second-order valence-corrected chi connectivity index (χ2v) is 21.8. The third-order valence-electron chi connectivity index (χ3n) is 14.3. The van der Waals surface area contributed by atoms with E-state index in [1.165, 1.54) is 11.8 Å². The highest BCUT2D eigenvalue weighted by Gasteiger charge is 2.35. The van der Waals surface area contributed by atoms with E-state index < -0.39 is 77.0 Å². The number of carbonyl (C=O) groups is 8. The van der Waals surface area contributed by atoms with Gasteiger partial charge in [0.2, 0.25) is 23.6 Å². The third-order valence-corrected chi connectivity index (χ3v) is 14.9. The van der Waals surface area contributed by atoms with Crippen molar-refractivity contribution in [1.29, 1.82) is 0 Å². The Labute approximate surface area is 448 Å². The zero-order valence-corrected chi connectivity index (χ0v) is 46.3. The SMILES string of the molecule is CC[C@H](C)[C@H](CC(=O)[C@H](Cc1ccccc1)NC(=O)[C@H](CCSC)CC(=O)[C@H](Cc1c[nH]c2ccccc12)NC(=O)[C@H](CCCCN)CC(=O)[C@H](C)NC(=O)[C@@H](CC(=O)[C@@H](C)CCCN=C(N)N)CC(C)C)C(N)=O. The summed E-state index contributed by atoms with van der Waals surface area (Å²) in [5, 5.41) is 9.66. The molecule has 0 radical (unpaired) electrons. The van der Waals surface area contributed by atoms with Gasteiger partial charge in [-0.05, 0) is 99.5 Å². The Morgan fingerprint density at radius 1 is 0.653 bits per heavy atom. The molecule has 0 aliphatic carbocycles. The topological polar surface area (TPSA) is 305 Å². The number of amides is 4. The molecule has 12 N–H and O–H groups in total. The van der Waals surface area contributed by atoms with Gasteiger partial charge < -0.3 is 43.9 Å². The van der Waals surface area contributed by atoms with E-state index in [9.17, 15) is 38.4 Å². The quantitative estimate of drug-likeness (QED) is 0.0190. The zero-order valence-electron chi connectivity index (χ0n) is 45.5. The lowest BCUT2D eigenvalue weighted by molar-refractivity contribution is -0.136. The molecule has 3 rings (SSSR count). The predicted octanol–water partition coefficient (Wildman–Crippen LogP) is 5.88. The van der Waals surface area contributed by atoms with Crippen molar-refractivity contribution in [2.45, 2.75) is 150 Å². The second-order valence-electron chi connectivity index (χ2n) is 20.8. The maximum Gasteiger partial charge on any atom is 0.224 e. The number of fused-ring (bicyclic) bond motifs is 1. The number of thioether (sulfide) groups is 1. The number of primary amides is 1. The van der Waals surface area contributed by atoms with Crippen molar-refractivity contribution >= 4 is 75.4 Å². The number of aromatic amines is 1. The monoisotopic (exact) mass is 1060 g/mol. The fraction of sp³-hybridized carbons (Fsp3) is 0.596. The second kappa shape index (κ2) is 33.2. The van der Waals surface area contributed by atoms with Gasteiger partial charge in [-0.25, -0.2) is 0 Å². The molecule has 414 valence electrons. The lowest BCUT2D eigenvalue weighted by Crippen LogP contribution is -2.49. The molecule has 75 heavy (non-hydrogen) atoms. The molecule has 18 heteroatoms. The molecule has 0 saturated heterocycles. The molecular formula is C57H87N9O8S. The summed E-state index contributed by atoms with van der Waals surface area (Å²) in [5.74, 6) is -6.33. The number of guanidine groups is 1. The Hall–Kier alpha value is -5.88. The molecule has 9 atom stereocenters. The van der Waals surface area contributed by atoms with Crippen LogP contribution in [0, 0.1) is 41.4 Å². The summed E-state index contributed by atoms with van der Waals surface area (Å²) in [6, 6.07) is 13.7. The minimum atomic E-state index is -1.12. The summed E-state index contributed by atoms with van der Waals surface area (Å²) in [6.45, 7) is 11.8. The van der Waals surface area contributed by atoms with E-state index in [1.54, 1.807) is 13.1 Å². The number of aromatic nitrogens is 1. The van der Waals surface area contributed by atoms with Gasteiger partial charge in [-0.3, -0.25) is 43.3 Å². The minimum absolute atomic E-state index is 0.00626. The Morgan fingerprint density at radius 3 is 1.85 bits per heavy atom. The number of aliphatic imine (C=N–C) groups is 1. The van der Waals surface area contributed by atoms with Crippen LogP contribution in [0.15, 0.2) is 65.8 Å². The van der Waals surface area contributed by atoms with Gasteiger partial charge in [-0.15, -0.1) is 0 Å². The molecule has 1 aromatic heterocycles. The molecular weight excluding hydrogens is 971 g/mol. The number of nitrogens with zero attached hydrogens (tertiary/aromatic N) is 1. The molecule has 0 bridgehead atoms. The average Bonchev–Trinajstić information content (AvgIpc) is 3.78. The smallest absolute Gasteiger partial charge is 0.224 e. The van der Waals surface area contributed by atoms with Crippen molar-refractivity contribution in [3.8, 4) is 0 Å². The number of carbonyl (C=O) groups excluding carboxylic acids is 8. The van der Waals surface area contributed by atoms with Crippen molar-refractivity contribution in [1.82, 2.24) is 20.9 Å². The fourth-order valence-corrected chi connectivity index (χ4v) is 9.91. The lowest BCUT2D eigenvalue weighted by atomic mass is 9.84. The van der Waals surface area contributed by atoms with Gasteiger partial charge in [-0.2, -0.15) is 11.8 Å². The standard InChI is InChI=1S/C57H87N9O8S/c1-8-36(4)45(53(59)71)33-52(70)47(28-39-18-10-9-11-19-39)65-55(73)41(23-26-75-7)31-51(69)48(29-43-34-63-46-22-13-12-21-44(43)46)66-54(72)40(20-14-15-24-58)30-50(68)38(6)64-56(74)42(27-35(2)3)32-49(67)37(5)17-16-25-62-57(60)61/h9-13,18-19,21-22,34-38,40-42,45,47-48,63H,8,14-17,20,23-33,58H2,1-7H3,(H2,59,71)(H,64,74)(H,65,73)(H,66,72)(H4,60,61,62)/t36-,37-,38-,40+,41+,42+,45-,47-,48-/m0/s1. The minimum Gasteiger partial charge on any atom is -0.370 e. The number of rotatable bonds is 38. The van der Waals surface area contributed by atoms with Crippen LogP contribution in [-0.2, 0) is 51.2 Å². The predicted molar refractivity (Wildman–Crippen MR) is 299 cm³/mol. The first kappa shape index (κ1) is 63.4. The average molecular weight is 1060 g/mol. The Kier molecular flexibility index (Phi) is 28.1. The van der Waals surface area contributed by atoms with Crippen LogP contribution in [0.1, 0.15) is 130 Å². The summed E-state index contributed by atoms with van der Waals surface area (Å²) in [7, 11) is 0. The number of unbranched alkanes of at least 4 members (excludes halogenated alkanes) is 1. The summed E-state index contributed by atoms with van der Waals surface area (Å²) in [6.07, 6.45) is 7.14. The van der Waals surface area contributed by atoms with Gasteiger partial charge in [0.25, 0.3) is 0 Å². The highest BCUT2D eigenvalue weighted by Crippen LogP contribution is 2.26. The molecule has 17 nitrogen and oxygen atoms in total. The molecule has 4 amide bonds.